The third-order valence-electron chi connectivity index (χ3n) is 5.48. The van der Waals surface area contributed by atoms with Crippen molar-refractivity contribution in [1.82, 2.24) is 0 Å². The zero-order valence-corrected chi connectivity index (χ0v) is 21.6. The summed E-state index contributed by atoms with van der Waals surface area (Å²) in [6.45, 7) is 4.82. The van der Waals surface area contributed by atoms with Gasteiger partial charge in [0.1, 0.15) is 6.10 Å². The molecule has 4 aromatic rings. The maximum absolute atomic E-state index is 7.03. The van der Waals surface area contributed by atoms with Crippen molar-refractivity contribution in [3.05, 3.63) is 126 Å². The summed E-state index contributed by atoms with van der Waals surface area (Å²) in [5.41, 5.74) is 3.79. The van der Waals surface area contributed by atoms with Crippen LogP contribution in [0.2, 0.25) is 0 Å². The molecule has 0 unspecified atom stereocenters. The van der Waals surface area contributed by atoms with Crippen LogP contribution in [0.5, 0.6) is 0 Å². The monoisotopic (exact) mass is 486 g/mol. The summed E-state index contributed by atoms with van der Waals surface area (Å²) in [6, 6.07) is 38.5. The van der Waals surface area contributed by atoms with Crippen LogP contribution in [0.25, 0.3) is 0 Å². The second-order valence-corrected chi connectivity index (χ2v) is 11.4. The molecule has 0 bridgehead atoms. The van der Waals surface area contributed by atoms with Crippen molar-refractivity contribution in [1.29, 1.82) is 0 Å². The van der Waals surface area contributed by atoms with Crippen LogP contribution in [0.15, 0.2) is 114 Å². The van der Waals surface area contributed by atoms with E-state index in [-0.39, 0.29) is 11.4 Å². The van der Waals surface area contributed by atoms with E-state index in [4.69, 9.17) is 9.26 Å². The third kappa shape index (κ3) is 6.58. The van der Waals surface area contributed by atoms with E-state index in [0.717, 1.165) is 0 Å². The first-order valence-electron chi connectivity index (χ1n) is 11.5. The molecular weight excluding hydrogens is 455 g/mol. The minimum absolute atomic E-state index is 0.0831. The van der Waals surface area contributed by atoms with E-state index in [1.807, 2.05) is 11.8 Å². The summed E-state index contributed by atoms with van der Waals surface area (Å²) < 4.78 is 12.8. The van der Waals surface area contributed by atoms with Gasteiger partial charge in [0.15, 0.2) is 0 Å². The van der Waals surface area contributed by atoms with Gasteiger partial charge in [-0.15, -0.1) is 11.8 Å². The fourth-order valence-corrected chi connectivity index (χ4v) is 7.36. The molecule has 34 heavy (non-hydrogen) atoms. The number of benzene rings is 4. The first-order valence-corrected chi connectivity index (χ1v) is 13.6. The van der Waals surface area contributed by atoms with Crippen LogP contribution in [0.4, 0.5) is 0 Å². The number of methoxy groups -OCH3 is 1. The number of hydrogen-bond acceptors (Lipinski definition) is 3. The SMILES string of the molecule is COC[C@H](OP(c1ccccc1)c1ccccc1)[C@H](Sc1cc(C)cc(C)c1)c1ccccc1. The summed E-state index contributed by atoms with van der Waals surface area (Å²) in [4.78, 5) is 1.25. The van der Waals surface area contributed by atoms with Gasteiger partial charge < -0.3 is 9.26 Å². The summed E-state index contributed by atoms with van der Waals surface area (Å²) >= 11 is 1.86. The van der Waals surface area contributed by atoms with E-state index in [2.05, 4.69) is 123 Å². The normalized spacial score (nSPS) is 13.1. The van der Waals surface area contributed by atoms with E-state index in [1.54, 1.807) is 7.11 Å². The molecule has 4 rings (SSSR count). The number of thioether (sulfide) groups is 1. The Hall–Kier alpha value is -2.42. The van der Waals surface area contributed by atoms with Crippen molar-refractivity contribution in [2.24, 2.45) is 0 Å². The van der Waals surface area contributed by atoms with E-state index in [9.17, 15) is 0 Å². The lowest BCUT2D eigenvalue weighted by atomic mass is 10.1. The first-order chi connectivity index (χ1) is 16.6. The molecule has 4 heteroatoms. The molecule has 0 spiro atoms. The number of rotatable bonds is 10. The maximum Gasteiger partial charge on any atom is 0.102 e. The molecule has 0 aromatic heterocycles. The smallest absolute Gasteiger partial charge is 0.102 e. The molecular formula is C30H31O2PS. The third-order valence-corrected chi connectivity index (χ3v) is 8.83. The predicted molar refractivity (Wildman–Crippen MR) is 147 cm³/mol. The summed E-state index contributed by atoms with van der Waals surface area (Å²) in [6.07, 6.45) is -0.134. The van der Waals surface area contributed by atoms with Gasteiger partial charge in [-0.2, -0.15) is 0 Å². The highest BCUT2D eigenvalue weighted by Gasteiger charge is 2.30. The topological polar surface area (TPSA) is 18.5 Å². The van der Waals surface area contributed by atoms with Crippen molar-refractivity contribution < 1.29 is 9.26 Å². The van der Waals surface area contributed by atoms with Gasteiger partial charge in [0.2, 0.25) is 0 Å². The lowest BCUT2D eigenvalue weighted by Crippen LogP contribution is -2.28. The van der Waals surface area contributed by atoms with Crippen LogP contribution in [0, 0.1) is 13.8 Å². The van der Waals surface area contributed by atoms with E-state index in [0.29, 0.717) is 6.61 Å². The van der Waals surface area contributed by atoms with E-state index in [1.165, 1.54) is 32.2 Å². The molecule has 0 aliphatic carbocycles. The molecule has 0 aliphatic rings. The number of ether oxygens (including phenoxy) is 1. The first kappa shape index (κ1) is 24.7. The van der Waals surface area contributed by atoms with Crippen LogP contribution < -0.4 is 10.6 Å². The number of aryl methyl sites for hydroxylation is 2. The molecule has 0 amide bonds. The summed E-state index contributed by atoms with van der Waals surface area (Å²) in [5.74, 6) is 0. The maximum atomic E-state index is 7.03. The second-order valence-electron chi connectivity index (χ2n) is 8.34. The minimum Gasteiger partial charge on any atom is -0.382 e. The zero-order valence-electron chi connectivity index (χ0n) is 19.9. The van der Waals surface area contributed by atoms with Gasteiger partial charge in [-0.3, -0.25) is 0 Å². The highest BCUT2D eigenvalue weighted by atomic mass is 32.2. The van der Waals surface area contributed by atoms with E-state index >= 15 is 0 Å². The van der Waals surface area contributed by atoms with Crippen LogP contribution in [0.1, 0.15) is 21.9 Å². The molecule has 2 atom stereocenters. The standard InChI is InChI=1S/C30H31O2PS/c1-23-19-24(2)21-28(20-23)34-30(25-13-7-4-8-14-25)29(22-31-3)32-33(26-15-9-5-10-16-26)27-17-11-6-12-18-27/h4-21,29-30H,22H2,1-3H3/t29-,30+/m0/s1. The van der Waals surface area contributed by atoms with Crippen LogP contribution in [-0.2, 0) is 9.26 Å². The average Bonchev–Trinajstić information content (AvgIpc) is 2.86. The zero-order chi connectivity index (χ0) is 23.8. The van der Waals surface area contributed by atoms with Crippen molar-refractivity contribution >= 4 is 30.5 Å². The molecule has 0 fully saturated rings. The number of hydrogen-bond donors (Lipinski definition) is 0. The van der Waals surface area contributed by atoms with E-state index < -0.39 is 8.15 Å². The largest absolute Gasteiger partial charge is 0.382 e. The fourth-order valence-electron chi connectivity index (χ4n) is 4.02. The van der Waals surface area contributed by atoms with Crippen molar-refractivity contribution in [2.75, 3.05) is 13.7 Å². The Balaban J connectivity index is 1.73. The van der Waals surface area contributed by atoms with Crippen LogP contribution in [-0.4, -0.2) is 19.8 Å². The Morgan fingerprint density at radius 1 is 0.706 bits per heavy atom. The van der Waals surface area contributed by atoms with Crippen molar-refractivity contribution in [3.8, 4) is 0 Å². The van der Waals surface area contributed by atoms with Gasteiger partial charge in [0, 0.05) is 22.6 Å². The minimum atomic E-state index is -1.01. The summed E-state index contributed by atoms with van der Waals surface area (Å²) in [5, 5.41) is 2.49. The molecule has 0 saturated carbocycles. The Morgan fingerprint density at radius 2 is 1.21 bits per heavy atom. The van der Waals surface area contributed by atoms with Crippen LogP contribution in [0.3, 0.4) is 0 Å². The molecule has 0 radical (unpaired) electrons. The Kier molecular flexibility index (Phi) is 8.96. The highest BCUT2D eigenvalue weighted by Crippen LogP contribution is 2.45. The van der Waals surface area contributed by atoms with Crippen molar-refractivity contribution in [3.63, 3.8) is 0 Å². The quantitative estimate of drug-likeness (QED) is 0.174. The second kappa shape index (κ2) is 12.3. The Bertz CT molecular complexity index is 1090. The van der Waals surface area contributed by atoms with Gasteiger partial charge in [0.25, 0.3) is 0 Å². The van der Waals surface area contributed by atoms with Crippen molar-refractivity contribution in [2.45, 2.75) is 30.1 Å². The highest BCUT2D eigenvalue weighted by molar-refractivity contribution is 7.99. The van der Waals surface area contributed by atoms with Gasteiger partial charge in [0.05, 0.1) is 20.0 Å². The molecule has 2 nitrogen and oxygen atoms in total. The summed E-state index contributed by atoms with van der Waals surface area (Å²) in [7, 11) is 0.752. The molecule has 4 aromatic carbocycles. The van der Waals surface area contributed by atoms with Gasteiger partial charge in [-0.05, 0) is 42.7 Å². The molecule has 0 saturated heterocycles. The van der Waals surface area contributed by atoms with Crippen LogP contribution >= 0.6 is 19.9 Å². The molecule has 0 aliphatic heterocycles. The lowest BCUT2D eigenvalue weighted by Gasteiger charge is -2.31. The Labute approximate surface area is 209 Å². The average molecular weight is 487 g/mol. The predicted octanol–water partition coefficient (Wildman–Crippen LogP) is 7.22. The molecule has 0 N–H and O–H groups in total. The van der Waals surface area contributed by atoms with Gasteiger partial charge >= 0.3 is 0 Å². The molecule has 0 heterocycles. The fraction of sp³-hybridized carbons (Fsp3) is 0.200. The van der Waals surface area contributed by atoms with Gasteiger partial charge in [-0.25, -0.2) is 0 Å². The molecule has 174 valence electrons. The lowest BCUT2D eigenvalue weighted by molar-refractivity contribution is 0.0897. The Morgan fingerprint density at radius 3 is 1.71 bits per heavy atom. The van der Waals surface area contributed by atoms with Gasteiger partial charge in [-0.1, -0.05) is 97.1 Å².